The summed E-state index contributed by atoms with van der Waals surface area (Å²) < 4.78 is 47.5. The number of allylic oxidation sites excluding steroid dienone is 1. The van der Waals surface area contributed by atoms with Gasteiger partial charge in [-0.1, -0.05) is 0 Å². The second kappa shape index (κ2) is 8.10. The van der Waals surface area contributed by atoms with Crippen molar-refractivity contribution in [2.45, 2.75) is 43.1 Å². The molecule has 29 heavy (non-hydrogen) atoms. The molecular formula is C20H24F3N3O2S. The molecule has 0 radical (unpaired) electrons. The van der Waals surface area contributed by atoms with E-state index in [1.807, 2.05) is 16.8 Å². The zero-order valence-corrected chi connectivity index (χ0v) is 17.0. The molecule has 4 rings (SSSR count). The highest BCUT2D eigenvalue weighted by Gasteiger charge is 2.43. The molecule has 1 aromatic carbocycles. The largest absolute Gasteiger partial charge is 0.381 e. The summed E-state index contributed by atoms with van der Waals surface area (Å²) >= 11 is 4.60. The standard InChI is InChI=1S/C20H24F3N3O2S/c1-25-15(9-17(27)24-12-4-6-28-7-5-12)16-8-11(10-26(16)20(25)29)18-13(21)2-3-14(22)19(18)23/h2-3,11-12,20,29H,4-10H2,1H3,(H,24,27)/t11-,20?/m0/s1. The maximum Gasteiger partial charge on any atom is 0.226 e. The molecule has 3 heterocycles. The van der Waals surface area contributed by atoms with Crippen molar-refractivity contribution in [3.8, 4) is 0 Å². The topological polar surface area (TPSA) is 44.8 Å². The normalized spacial score (nSPS) is 25.0. The molecule has 0 aromatic heterocycles. The molecule has 2 saturated heterocycles. The third-order valence-electron chi connectivity index (χ3n) is 5.99. The Morgan fingerprint density at radius 1 is 1.24 bits per heavy atom. The quantitative estimate of drug-likeness (QED) is 0.573. The van der Waals surface area contributed by atoms with Crippen molar-refractivity contribution in [3.63, 3.8) is 0 Å². The van der Waals surface area contributed by atoms with Crippen molar-refractivity contribution in [3.05, 3.63) is 46.5 Å². The van der Waals surface area contributed by atoms with Crippen LogP contribution in [0.2, 0.25) is 0 Å². The molecular weight excluding hydrogens is 403 g/mol. The second-order valence-electron chi connectivity index (χ2n) is 7.79. The molecule has 0 spiro atoms. The van der Waals surface area contributed by atoms with Crippen molar-refractivity contribution >= 4 is 18.5 Å². The summed E-state index contributed by atoms with van der Waals surface area (Å²) in [5.74, 6) is -3.57. The van der Waals surface area contributed by atoms with E-state index in [2.05, 4.69) is 17.9 Å². The van der Waals surface area contributed by atoms with Crippen molar-refractivity contribution in [2.75, 3.05) is 26.8 Å². The van der Waals surface area contributed by atoms with Gasteiger partial charge in [0.15, 0.2) is 11.6 Å². The molecule has 0 aliphatic carbocycles. The lowest BCUT2D eigenvalue weighted by molar-refractivity contribution is -0.122. The van der Waals surface area contributed by atoms with Gasteiger partial charge < -0.3 is 19.9 Å². The van der Waals surface area contributed by atoms with Gasteiger partial charge in [0.05, 0.1) is 6.42 Å². The van der Waals surface area contributed by atoms with E-state index >= 15 is 0 Å². The Morgan fingerprint density at radius 3 is 2.66 bits per heavy atom. The number of hydrogen-bond acceptors (Lipinski definition) is 5. The smallest absolute Gasteiger partial charge is 0.226 e. The molecule has 158 valence electrons. The van der Waals surface area contributed by atoms with Gasteiger partial charge in [-0.05, 0) is 31.4 Å². The van der Waals surface area contributed by atoms with Gasteiger partial charge in [0.1, 0.15) is 11.3 Å². The molecule has 0 bridgehead atoms. The molecule has 5 nitrogen and oxygen atoms in total. The Hall–Kier alpha value is -1.87. The lowest BCUT2D eigenvalue weighted by atomic mass is 9.95. The van der Waals surface area contributed by atoms with Crippen LogP contribution in [0.5, 0.6) is 0 Å². The van der Waals surface area contributed by atoms with Crippen LogP contribution in [0.1, 0.15) is 37.2 Å². The molecule has 1 unspecified atom stereocenters. The van der Waals surface area contributed by atoms with Gasteiger partial charge >= 0.3 is 0 Å². The number of fused-ring (bicyclic) bond motifs is 1. The predicted molar refractivity (Wildman–Crippen MR) is 105 cm³/mol. The lowest BCUT2D eigenvalue weighted by Gasteiger charge is -2.28. The molecule has 0 saturated carbocycles. The average Bonchev–Trinajstić information content (AvgIpc) is 3.21. The highest BCUT2D eigenvalue weighted by atomic mass is 32.1. The van der Waals surface area contributed by atoms with Crippen LogP contribution in [0.25, 0.3) is 0 Å². The number of carbonyl (C=O) groups excluding carboxylic acids is 1. The summed E-state index contributed by atoms with van der Waals surface area (Å²) in [6.07, 6.45) is 2.07. The first-order valence-electron chi connectivity index (χ1n) is 9.77. The van der Waals surface area contributed by atoms with Crippen LogP contribution in [0.3, 0.4) is 0 Å². The first kappa shape index (κ1) is 20.4. The van der Waals surface area contributed by atoms with E-state index in [1.165, 1.54) is 0 Å². The molecule has 2 fully saturated rings. The fraction of sp³-hybridized carbons (Fsp3) is 0.550. The maximum absolute atomic E-state index is 14.3. The highest BCUT2D eigenvalue weighted by molar-refractivity contribution is 7.80. The number of amides is 1. The Labute approximate surface area is 173 Å². The summed E-state index contributed by atoms with van der Waals surface area (Å²) in [5.41, 5.74) is 1.05. The van der Waals surface area contributed by atoms with Gasteiger partial charge in [-0.2, -0.15) is 0 Å². The summed E-state index contributed by atoms with van der Waals surface area (Å²) in [6.45, 7) is 1.59. The summed E-state index contributed by atoms with van der Waals surface area (Å²) in [7, 11) is 1.85. The molecule has 9 heteroatoms. The van der Waals surface area contributed by atoms with Gasteiger partial charge in [0.2, 0.25) is 5.91 Å². The Balaban J connectivity index is 1.54. The second-order valence-corrected chi connectivity index (χ2v) is 8.25. The number of nitrogens with zero attached hydrogens (tertiary/aromatic N) is 2. The SMILES string of the molecule is CN1C(CC(=O)NC2CCOCC2)=C2C[C@H](c3c(F)ccc(F)c3F)CN2C1S. The third-order valence-corrected chi connectivity index (χ3v) is 6.61. The summed E-state index contributed by atoms with van der Waals surface area (Å²) in [4.78, 5) is 16.4. The third kappa shape index (κ3) is 3.82. The fourth-order valence-electron chi connectivity index (χ4n) is 4.44. The predicted octanol–water partition coefficient (Wildman–Crippen LogP) is 2.95. The van der Waals surface area contributed by atoms with Gasteiger partial charge in [-0.25, -0.2) is 13.2 Å². The first-order chi connectivity index (χ1) is 13.9. The lowest BCUT2D eigenvalue weighted by Crippen LogP contribution is -2.40. The zero-order valence-electron chi connectivity index (χ0n) is 16.1. The van der Waals surface area contributed by atoms with E-state index in [0.29, 0.717) is 26.2 Å². The summed E-state index contributed by atoms with van der Waals surface area (Å²) in [5, 5.41) is 3.04. The van der Waals surface area contributed by atoms with E-state index < -0.39 is 23.4 Å². The first-order valence-corrected chi connectivity index (χ1v) is 10.3. The fourth-order valence-corrected chi connectivity index (χ4v) is 4.81. The number of nitrogens with one attached hydrogen (secondary N) is 1. The van der Waals surface area contributed by atoms with E-state index in [-0.39, 0.29) is 29.4 Å². The zero-order chi connectivity index (χ0) is 20.7. The van der Waals surface area contributed by atoms with Crippen LogP contribution < -0.4 is 5.32 Å². The van der Waals surface area contributed by atoms with E-state index in [1.54, 1.807) is 0 Å². The van der Waals surface area contributed by atoms with E-state index in [4.69, 9.17) is 4.74 Å². The van der Waals surface area contributed by atoms with Crippen LogP contribution in [-0.4, -0.2) is 54.1 Å². The van der Waals surface area contributed by atoms with Crippen molar-refractivity contribution in [1.82, 2.24) is 15.1 Å². The molecule has 2 atom stereocenters. The average molecular weight is 427 g/mol. The number of rotatable bonds is 4. The minimum absolute atomic E-state index is 0.0970. The molecule has 1 amide bonds. The van der Waals surface area contributed by atoms with Crippen molar-refractivity contribution < 1.29 is 22.7 Å². The number of carbonyl (C=O) groups is 1. The number of benzene rings is 1. The number of hydrogen-bond donors (Lipinski definition) is 2. The monoisotopic (exact) mass is 427 g/mol. The molecule has 1 N–H and O–H groups in total. The number of halogens is 3. The van der Waals surface area contributed by atoms with Crippen molar-refractivity contribution in [2.24, 2.45) is 0 Å². The molecule has 3 aliphatic heterocycles. The van der Waals surface area contributed by atoms with Gasteiger partial charge in [0.25, 0.3) is 0 Å². The Bertz CT molecular complexity index is 845. The molecule has 1 aromatic rings. The van der Waals surface area contributed by atoms with E-state index in [0.717, 1.165) is 36.4 Å². The number of ether oxygens (including phenoxy) is 1. The van der Waals surface area contributed by atoms with Gasteiger partial charge in [-0.3, -0.25) is 4.79 Å². The Morgan fingerprint density at radius 2 is 1.93 bits per heavy atom. The van der Waals surface area contributed by atoms with Crippen LogP contribution in [0.15, 0.2) is 23.5 Å². The minimum Gasteiger partial charge on any atom is -0.381 e. The highest BCUT2D eigenvalue weighted by Crippen LogP contribution is 2.45. The van der Waals surface area contributed by atoms with Crippen LogP contribution in [0, 0.1) is 17.5 Å². The van der Waals surface area contributed by atoms with Crippen LogP contribution in [0.4, 0.5) is 13.2 Å². The van der Waals surface area contributed by atoms with Crippen molar-refractivity contribution in [1.29, 1.82) is 0 Å². The van der Waals surface area contributed by atoms with E-state index in [9.17, 15) is 18.0 Å². The van der Waals surface area contributed by atoms with Gasteiger partial charge in [-0.15, -0.1) is 12.6 Å². The van der Waals surface area contributed by atoms with Crippen LogP contribution >= 0.6 is 12.6 Å². The summed E-state index contributed by atoms with van der Waals surface area (Å²) in [6, 6.07) is 1.85. The Kier molecular flexibility index (Phi) is 5.70. The van der Waals surface area contributed by atoms with Crippen LogP contribution in [-0.2, 0) is 9.53 Å². The number of thiol groups is 1. The van der Waals surface area contributed by atoms with Gasteiger partial charge in [0, 0.05) is 55.7 Å². The maximum atomic E-state index is 14.3. The molecule has 3 aliphatic rings. The minimum atomic E-state index is -1.14.